The summed E-state index contributed by atoms with van der Waals surface area (Å²) in [7, 11) is 0. The molecule has 2 aliphatic heterocycles. The molecular formula is C15H18ClN3O. The van der Waals surface area contributed by atoms with Gasteiger partial charge < -0.3 is 10.6 Å². The van der Waals surface area contributed by atoms with E-state index >= 15 is 0 Å². The lowest BCUT2D eigenvalue weighted by Gasteiger charge is -2.24. The summed E-state index contributed by atoms with van der Waals surface area (Å²) in [4.78, 5) is 16.8. The Kier molecular flexibility index (Phi) is 4.03. The fraction of sp³-hybridized carbons (Fsp3) is 0.467. The molecule has 5 heteroatoms. The van der Waals surface area contributed by atoms with E-state index in [4.69, 9.17) is 11.6 Å². The maximum Gasteiger partial charge on any atom is 0.230 e. The third-order valence-electron chi connectivity index (χ3n) is 3.98. The lowest BCUT2D eigenvalue weighted by atomic mass is 9.96. The normalized spacial score (nSPS) is 26.2. The maximum absolute atomic E-state index is 12.2. The highest BCUT2D eigenvalue weighted by molar-refractivity contribution is 6.31. The minimum absolute atomic E-state index is 0.0711. The van der Waals surface area contributed by atoms with Crippen LogP contribution in [0.2, 0.25) is 5.02 Å². The predicted octanol–water partition coefficient (Wildman–Crippen LogP) is 1.64. The van der Waals surface area contributed by atoms with Crippen molar-refractivity contribution >= 4 is 23.3 Å². The van der Waals surface area contributed by atoms with Gasteiger partial charge >= 0.3 is 0 Å². The summed E-state index contributed by atoms with van der Waals surface area (Å²) in [5, 5.41) is 6.99. The van der Waals surface area contributed by atoms with Gasteiger partial charge in [-0.3, -0.25) is 9.79 Å². The smallest absolute Gasteiger partial charge is 0.230 e. The fourth-order valence-corrected chi connectivity index (χ4v) is 2.98. The van der Waals surface area contributed by atoms with Crippen LogP contribution in [0.4, 0.5) is 0 Å². The van der Waals surface area contributed by atoms with Crippen LogP contribution in [0.1, 0.15) is 12.0 Å². The molecule has 4 nitrogen and oxygen atoms in total. The third-order valence-corrected chi connectivity index (χ3v) is 4.34. The van der Waals surface area contributed by atoms with Crippen LogP contribution in [-0.4, -0.2) is 31.4 Å². The quantitative estimate of drug-likeness (QED) is 0.889. The van der Waals surface area contributed by atoms with Crippen LogP contribution in [0, 0.1) is 11.8 Å². The second kappa shape index (κ2) is 5.94. The number of benzene rings is 1. The molecule has 1 aromatic carbocycles. The Labute approximate surface area is 123 Å². The summed E-state index contributed by atoms with van der Waals surface area (Å²) in [6.45, 7) is 2.47. The van der Waals surface area contributed by atoms with Crippen molar-refractivity contribution in [1.82, 2.24) is 10.6 Å². The average Bonchev–Trinajstić information content (AvgIpc) is 2.97. The third kappa shape index (κ3) is 2.86. The molecule has 2 aliphatic rings. The van der Waals surface area contributed by atoms with Crippen molar-refractivity contribution in [2.45, 2.75) is 12.8 Å². The van der Waals surface area contributed by atoms with Gasteiger partial charge in [0.2, 0.25) is 5.91 Å². The molecule has 0 aromatic heterocycles. The highest BCUT2D eigenvalue weighted by atomic mass is 35.5. The first-order valence-corrected chi connectivity index (χ1v) is 7.41. The summed E-state index contributed by atoms with van der Waals surface area (Å²) < 4.78 is 0. The van der Waals surface area contributed by atoms with E-state index in [1.807, 2.05) is 24.3 Å². The van der Waals surface area contributed by atoms with Crippen molar-refractivity contribution in [3.8, 4) is 0 Å². The molecule has 106 valence electrons. The van der Waals surface area contributed by atoms with Crippen LogP contribution in [-0.2, 0) is 11.2 Å². The van der Waals surface area contributed by atoms with Gasteiger partial charge in [-0.15, -0.1) is 0 Å². The molecule has 1 saturated heterocycles. The number of rotatable bonds is 3. The number of carbonyl (C=O) groups excluding carboxylic acids is 1. The number of nitrogens with one attached hydrogen (secondary N) is 2. The molecule has 2 unspecified atom stereocenters. The second-order valence-electron chi connectivity index (χ2n) is 5.40. The first kappa shape index (κ1) is 13.6. The molecule has 1 aromatic rings. The van der Waals surface area contributed by atoms with Gasteiger partial charge in [0.15, 0.2) is 0 Å². The number of amides is 1. The van der Waals surface area contributed by atoms with Gasteiger partial charge in [-0.05, 0) is 31.0 Å². The molecule has 0 aliphatic carbocycles. The van der Waals surface area contributed by atoms with Gasteiger partial charge in [0.1, 0.15) is 5.84 Å². The van der Waals surface area contributed by atoms with Crippen LogP contribution < -0.4 is 10.6 Å². The van der Waals surface area contributed by atoms with Crippen molar-refractivity contribution in [3.05, 3.63) is 34.9 Å². The highest BCUT2D eigenvalue weighted by Crippen LogP contribution is 2.21. The number of nitrogens with zero attached hydrogens (tertiary/aromatic N) is 1. The molecule has 0 radical (unpaired) electrons. The molecular weight excluding hydrogens is 274 g/mol. The molecule has 0 saturated carbocycles. The zero-order valence-corrected chi connectivity index (χ0v) is 12.0. The van der Waals surface area contributed by atoms with Crippen LogP contribution >= 0.6 is 11.6 Å². The molecule has 20 heavy (non-hydrogen) atoms. The zero-order chi connectivity index (χ0) is 13.9. The van der Waals surface area contributed by atoms with Crippen LogP contribution in [0.3, 0.4) is 0 Å². The molecule has 3 rings (SSSR count). The van der Waals surface area contributed by atoms with Crippen LogP contribution in [0.5, 0.6) is 0 Å². The topological polar surface area (TPSA) is 53.5 Å². The van der Waals surface area contributed by atoms with Crippen LogP contribution in [0.15, 0.2) is 29.3 Å². The summed E-state index contributed by atoms with van der Waals surface area (Å²) in [6, 6.07) is 7.67. The van der Waals surface area contributed by atoms with Crippen molar-refractivity contribution in [3.63, 3.8) is 0 Å². The first-order valence-electron chi connectivity index (χ1n) is 7.03. The number of halogens is 1. The fourth-order valence-electron chi connectivity index (χ4n) is 2.77. The minimum atomic E-state index is -0.118. The van der Waals surface area contributed by atoms with E-state index in [2.05, 4.69) is 15.6 Å². The van der Waals surface area contributed by atoms with Crippen molar-refractivity contribution < 1.29 is 4.79 Å². The molecule has 2 atom stereocenters. The largest absolute Gasteiger partial charge is 0.316 e. The van der Waals surface area contributed by atoms with Gasteiger partial charge in [-0.2, -0.15) is 0 Å². The monoisotopic (exact) mass is 291 g/mol. The molecule has 0 bridgehead atoms. The molecule has 2 heterocycles. The Morgan fingerprint density at radius 2 is 2.20 bits per heavy atom. The van der Waals surface area contributed by atoms with Crippen molar-refractivity contribution in [2.24, 2.45) is 16.8 Å². The van der Waals surface area contributed by atoms with E-state index in [0.29, 0.717) is 18.9 Å². The Balaban J connectivity index is 1.68. The maximum atomic E-state index is 12.2. The first-order chi connectivity index (χ1) is 9.74. The van der Waals surface area contributed by atoms with E-state index in [9.17, 15) is 4.79 Å². The molecule has 1 amide bonds. The number of amidine groups is 1. The van der Waals surface area contributed by atoms with Gasteiger partial charge in [0.05, 0.1) is 12.5 Å². The van der Waals surface area contributed by atoms with Crippen molar-refractivity contribution in [1.29, 1.82) is 0 Å². The summed E-state index contributed by atoms with van der Waals surface area (Å²) >= 11 is 6.15. The number of carbonyl (C=O) groups is 1. The lowest BCUT2D eigenvalue weighted by molar-refractivity contribution is -0.123. The minimum Gasteiger partial charge on any atom is -0.316 e. The molecule has 1 fully saturated rings. The highest BCUT2D eigenvalue weighted by Gasteiger charge is 2.29. The number of aliphatic imine (C=N–C) groups is 1. The summed E-state index contributed by atoms with van der Waals surface area (Å²) in [5.74, 6) is 1.17. The Morgan fingerprint density at radius 3 is 2.90 bits per heavy atom. The number of hydrogen-bond donors (Lipinski definition) is 2. The van der Waals surface area contributed by atoms with Gasteiger partial charge in [0.25, 0.3) is 0 Å². The van der Waals surface area contributed by atoms with Crippen LogP contribution in [0.25, 0.3) is 0 Å². The van der Waals surface area contributed by atoms with E-state index in [0.717, 1.165) is 35.9 Å². The van der Waals surface area contributed by atoms with Gasteiger partial charge in [0, 0.05) is 17.5 Å². The predicted molar refractivity (Wildman–Crippen MR) is 80.1 cm³/mol. The lowest BCUT2D eigenvalue weighted by Crippen LogP contribution is -2.45. The zero-order valence-electron chi connectivity index (χ0n) is 11.2. The Bertz CT molecular complexity index is 538. The Hall–Kier alpha value is -1.39. The van der Waals surface area contributed by atoms with E-state index in [1.165, 1.54) is 0 Å². The summed E-state index contributed by atoms with van der Waals surface area (Å²) in [6.07, 6.45) is 1.69. The van der Waals surface area contributed by atoms with E-state index < -0.39 is 0 Å². The second-order valence-corrected chi connectivity index (χ2v) is 5.80. The SMILES string of the molecule is O=C1NC(C2CCNC2)=NCC1Cc1ccccc1Cl. The number of hydrogen-bond acceptors (Lipinski definition) is 3. The molecule has 2 N–H and O–H groups in total. The van der Waals surface area contributed by atoms with Gasteiger partial charge in [-0.1, -0.05) is 29.8 Å². The van der Waals surface area contributed by atoms with E-state index in [-0.39, 0.29) is 11.8 Å². The van der Waals surface area contributed by atoms with Crippen molar-refractivity contribution in [2.75, 3.05) is 19.6 Å². The van der Waals surface area contributed by atoms with Gasteiger partial charge in [-0.25, -0.2) is 0 Å². The average molecular weight is 292 g/mol. The van der Waals surface area contributed by atoms with E-state index in [1.54, 1.807) is 0 Å². The molecule has 0 spiro atoms. The Morgan fingerprint density at radius 1 is 1.35 bits per heavy atom. The standard InChI is InChI=1S/C15H18ClN3O/c16-13-4-2-1-3-10(13)7-12-9-18-14(19-15(12)20)11-5-6-17-8-11/h1-4,11-12,17H,5-9H2,(H,18,19,20). The summed E-state index contributed by atoms with van der Waals surface area (Å²) in [5.41, 5.74) is 1.01.